The largest absolute Gasteiger partial charge is 0.493 e. The number of carbonyl (C=O) groups is 1. The standard InChI is InChI=1S/C22H23NO5S2/c1-25-16-7-5-14(11-18(16)27-3)9-10-23-21(24)20(30-22(23)29)13-15-6-8-17(26-2)19(12-15)28-4/h5-8,11-13H,9-10H2,1-4H3/b20-13-. The lowest BCUT2D eigenvalue weighted by atomic mass is 10.1. The van der Waals surface area contributed by atoms with Gasteiger partial charge in [0.15, 0.2) is 23.0 Å². The second-order valence-electron chi connectivity index (χ2n) is 6.39. The van der Waals surface area contributed by atoms with Crippen LogP contribution in [0.2, 0.25) is 0 Å². The van der Waals surface area contributed by atoms with Gasteiger partial charge in [-0.15, -0.1) is 0 Å². The summed E-state index contributed by atoms with van der Waals surface area (Å²) >= 11 is 6.74. The van der Waals surface area contributed by atoms with Crippen molar-refractivity contribution in [3.63, 3.8) is 0 Å². The summed E-state index contributed by atoms with van der Waals surface area (Å²) < 4.78 is 21.8. The number of thioether (sulfide) groups is 1. The molecule has 0 saturated carbocycles. The first-order valence-electron chi connectivity index (χ1n) is 9.19. The van der Waals surface area contributed by atoms with Crippen molar-refractivity contribution in [1.82, 2.24) is 4.90 Å². The minimum absolute atomic E-state index is 0.0970. The van der Waals surface area contributed by atoms with Gasteiger partial charge in [0.1, 0.15) is 4.32 Å². The van der Waals surface area contributed by atoms with Crippen molar-refractivity contribution in [2.24, 2.45) is 0 Å². The van der Waals surface area contributed by atoms with E-state index in [9.17, 15) is 4.79 Å². The molecule has 0 atom stereocenters. The molecule has 2 aromatic rings. The third kappa shape index (κ3) is 4.71. The van der Waals surface area contributed by atoms with Crippen LogP contribution in [0.4, 0.5) is 0 Å². The van der Waals surface area contributed by atoms with Crippen LogP contribution in [0, 0.1) is 0 Å². The minimum atomic E-state index is -0.0970. The molecule has 1 aliphatic heterocycles. The fourth-order valence-corrected chi connectivity index (χ4v) is 4.37. The van der Waals surface area contributed by atoms with Gasteiger partial charge in [0, 0.05) is 6.54 Å². The Hall–Kier alpha value is -2.71. The Balaban J connectivity index is 1.73. The second-order valence-corrected chi connectivity index (χ2v) is 8.06. The summed E-state index contributed by atoms with van der Waals surface area (Å²) in [7, 11) is 6.36. The average Bonchev–Trinajstić information content (AvgIpc) is 3.04. The molecule has 2 aromatic carbocycles. The Bertz CT molecular complexity index is 989. The molecule has 1 saturated heterocycles. The van der Waals surface area contributed by atoms with E-state index in [1.165, 1.54) is 11.8 Å². The smallest absolute Gasteiger partial charge is 0.266 e. The molecule has 0 radical (unpaired) electrons. The Labute approximate surface area is 185 Å². The zero-order chi connectivity index (χ0) is 21.7. The molecule has 8 heteroatoms. The van der Waals surface area contributed by atoms with E-state index in [0.717, 1.165) is 11.1 Å². The van der Waals surface area contributed by atoms with Crippen molar-refractivity contribution in [2.45, 2.75) is 6.42 Å². The predicted molar refractivity (Wildman–Crippen MR) is 123 cm³/mol. The third-order valence-corrected chi connectivity index (χ3v) is 6.03. The van der Waals surface area contributed by atoms with E-state index in [-0.39, 0.29) is 5.91 Å². The number of carbonyl (C=O) groups excluding carboxylic acids is 1. The highest BCUT2D eigenvalue weighted by Gasteiger charge is 2.31. The molecular formula is C22H23NO5S2. The first-order chi connectivity index (χ1) is 14.5. The lowest BCUT2D eigenvalue weighted by molar-refractivity contribution is -0.122. The fraction of sp³-hybridized carbons (Fsp3) is 0.273. The van der Waals surface area contributed by atoms with Gasteiger partial charge in [-0.2, -0.15) is 0 Å². The van der Waals surface area contributed by atoms with Crippen LogP contribution in [-0.2, 0) is 11.2 Å². The van der Waals surface area contributed by atoms with Gasteiger partial charge >= 0.3 is 0 Å². The first-order valence-corrected chi connectivity index (χ1v) is 10.4. The number of hydrogen-bond acceptors (Lipinski definition) is 7. The fourth-order valence-electron chi connectivity index (χ4n) is 3.06. The topological polar surface area (TPSA) is 57.2 Å². The van der Waals surface area contributed by atoms with Gasteiger partial charge < -0.3 is 18.9 Å². The molecule has 0 N–H and O–H groups in total. The molecule has 30 heavy (non-hydrogen) atoms. The summed E-state index contributed by atoms with van der Waals surface area (Å²) in [5.41, 5.74) is 1.87. The van der Waals surface area contributed by atoms with Crippen LogP contribution in [0.1, 0.15) is 11.1 Å². The lowest BCUT2D eigenvalue weighted by Crippen LogP contribution is -2.30. The van der Waals surface area contributed by atoms with Crippen LogP contribution in [0.15, 0.2) is 41.3 Å². The summed E-state index contributed by atoms with van der Waals surface area (Å²) in [6.45, 7) is 0.490. The van der Waals surface area contributed by atoms with Gasteiger partial charge in [-0.3, -0.25) is 9.69 Å². The number of ether oxygens (including phenoxy) is 4. The predicted octanol–water partition coefficient (Wildman–Crippen LogP) is 4.16. The number of nitrogens with zero attached hydrogens (tertiary/aromatic N) is 1. The summed E-state index contributed by atoms with van der Waals surface area (Å²) in [6, 6.07) is 11.2. The zero-order valence-electron chi connectivity index (χ0n) is 17.3. The third-order valence-electron chi connectivity index (χ3n) is 4.65. The number of benzene rings is 2. The molecule has 0 aliphatic carbocycles. The number of amides is 1. The van der Waals surface area contributed by atoms with Crippen molar-refractivity contribution in [3.05, 3.63) is 52.4 Å². The highest BCUT2D eigenvalue weighted by Crippen LogP contribution is 2.35. The number of thiocarbonyl (C=S) groups is 1. The van der Waals surface area contributed by atoms with Crippen LogP contribution in [-0.4, -0.2) is 50.1 Å². The van der Waals surface area contributed by atoms with Crippen molar-refractivity contribution >= 4 is 40.3 Å². The summed E-state index contributed by atoms with van der Waals surface area (Å²) in [5, 5.41) is 0. The van der Waals surface area contributed by atoms with Gasteiger partial charge in [0.05, 0.1) is 33.3 Å². The molecule has 0 unspecified atom stereocenters. The van der Waals surface area contributed by atoms with E-state index in [1.807, 2.05) is 42.5 Å². The van der Waals surface area contributed by atoms with Gasteiger partial charge in [0.25, 0.3) is 5.91 Å². The molecule has 6 nitrogen and oxygen atoms in total. The first kappa shape index (κ1) is 22.0. The lowest BCUT2D eigenvalue weighted by Gasteiger charge is -2.15. The highest BCUT2D eigenvalue weighted by atomic mass is 32.2. The van der Waals surface area contributed by atoms with Crippen LogP contribution in [0.25, 0.3) is 6.08 Å². The Kier molecular flexibility index (Phi) is 7.23. The molecule has 0 bridgehead atoms. The van der Waals surface area contributed by atoms with E-state index < -0.39 is 0 Å². The summed E-state index contributed by atoms with van der Waals surface area (Å²) in [6.07, 6.45) is 2.47. The maximum Gasteiger partial charge on any atom is 0.266 e. The average molecular weight is 446 g/mol. The summed E-state index contributed by atoms with van der Waals surface area (Å²) in [4.78, 5) is 15.1. The van der Waals surface area contributed by atoms with Gasteiger partial charge in [-0.25, -0.2) is 0 Å². The van der Waals surface area contributed by atoms with Gasteiger partial charge in [-0.1, -0.05) is 36.1 Å². The molecule has 1 heterocycles. The zero-order valence-corrected chi connectivity index (χ0v) is 18.9. The molecule has 3 rings (SSSR count). The van der Waals surface area contributed by atoms with E-state index in [4.69, 9.17) is 31.2 Å². The normalized spacial score (nSPS) is 14.9. The Morgan fingerprint density at radius 1 is 0.900 bits per heavy atom. The number of rotatable bonds is 8. The monoisotopic (exact) mass is 445 g/mol. The van der Waals surface area contributed by atoms with Crippen molar-refractivity contribution in [1.29, 1.82) is 0 Å². The number of methoxy groups -OCH3 is 4. The molecule has 1 fully saturated rings. The molecule has 1 amide bonds. The molecule has 0 spiro atoms. The maximum atomic E-state index is 12.9. The van der Waals surface area contributed by atoms with Crippen molar-refractivity contribution in [2.75, 3.05) is 35.0 Å². The van der Waals surface area contributed by atoms with E-state index >= 15 is 0 Å². The number of hydrogen-bond donors (Lipinski definition) is 0. The Morgan fingerprint density at radius 2 is 1.50 bits per heavy atom. The van der Waals surface area contributed by atoms with Crippen LogP contribution >= 0.6 is 24.0 Å². The van der Waals surface area contributed by atoms with E-state index in [1.54, 1.807) is 33.3 Å². The van der Waals surface area contributed by atoms with Crippen LogP contribution < -0.4 is 18.9 Å². The molecule has 0 aromatic heterocycles. The van der Waals surface area contributed by atoms with Crippen LogP contribution in [0.5, 0.6) is 23.0 Å². The minimum Gasteiger partial charge on any atom is -0.493 e. The van der Waals surface area contributed by atoms with Gasteiger partial charge in [-0.05, 0) is 47.9 Å². The molecule has 1 aliphatic rings. The summed E-state index contributed by atoms with van der Waals surface area (Å²) in [5.74, 6) is 2.48. The quantitative estimate of drug-likeness (QED) is 0.447. The van der Waals surface area contributed by atoms with Crippen molar-refractivity contribution < 1.29 is 23.7 Å². The van der Waals surface area contributed by atoms with E-state index in [2.05, 4.69) is 0 Å². The maximum absolute atomic E-state index is 12.9. The SMILES string of the molecule is COc1ccc(/C=C2\SC(=S)N(CCc3ccc(OC)c(OC)c3)C2=O)cc1OC. The Morgan fingerprint density at radius 3 is 2.13 bits per heavy atom. The second kappa shape index (κ2) is 9.86. The van der Waals surface area contributed by atoms with Gasteiger partial charge in [0.2, 0.25) is 0 Å². The van der Waals surface area contributed by atoms with Crippen molar-refractivity contribution in [3.8, 4) is 23.0 Å². The van der Waals surface area contributed by atoms with Crippen LogP contribution in [0.3, 0.4) is 0 Å². The highest BCUT2D eigenvalue weighted by molar-refractivity contribution is 8.26. The molecular weight excluding hydrogens is 422 g/mol. The van der Waals surface area contributed by atoms with E-state index in [0.29, 0.717) is 45.2 Å². The molecule has 158 valence electrons.